The second-order valence-corrected chi connectivity index (χ2v) is 6.33. The van der Waals surface area contributed by atoms with Crippen LogP contribution in [0.3, 0.4) is 0 Å². The third kappa shape index (κ3) is 3.36. The van der Waals surface area contributed by atoms with Crippen LogP contribution in [-0.2, 0) is 0 Å². The van der Waals surface area contributed by atoms with E-state index in [-0.39, 0.29) is 0 Å². The largest absolute Gasteiger partial charge is 0.0996 e. The van der Waals surface area contributed by atoms with Gasteiger partial charge >= 0.3 is 0 Å². The van der Waals surface area contributed by atoms with Crippen molar-refractivity contribution in [2.45, 2.75) is 60.3 Å². The third-order valence-electron chi connectivity index (χ3n) is 4.41. The minimum Gasteiger partial charge on any atom is -0.0996 e. The minimum absolute atomic E-state index is 0.552. The SMILES string of the molecule is C=C(C)C1(CC(C)CC(C)C(C)C)CC1. The first-order valence-electron chi connectivity index (χ1n) is 6.53. The van der Waals surface area contributed by atoms with Crippen molar-refractivity contribution in [2.24, 2.45) is 23.2 Å². The van der Waals surface area contributed by atoms with Crippen LogP contribution in [0.2, 0.25) is 0 Å². The fraction of sp³-hybridized carbons (Fsp3) is 0.867. The smallest absolute Gasteiger partial charge is 0.00904 e. The molecule has 0 nitrogen and oxygen atoms in total. The second kappa shape index (κ2) is 4.72. The summed E-state index contributed by atoms with van der Waals surface area (Å²) < 4.78 is 0. The lowest BCUT2D eigenvalue weighted by Crippen LogP contribution is -2.13. The van der Waals surface area contributed by atoms with E-state index in [1.165, 1.54) is 31.3 Å². The van der Waals surface area contributed by atoms with Crippen molar-refractivity contribution < 1.29 is 0 Å². The van der Waals surface area contributed by atoms with E-state index in [1.54, 1.807) is 0 Å². The van der Waals surface area contributed by atoms with Gasteiger partial charge in [-0.3, -0.25) is 0 Å². The topological polar surface area (TPSA) is 0 Å². The summed E-state index contributed by atoms with van der Waals surface area (Å²) in [5, 5.41) is 0. The summed E-state index contributed by atoms with van der Waals surface area (Å²) >= 11 is 0. The van der Waals surface area contributed by atoms with E-state index < -0.39 is 0 Å². The molecule has 0 heterocycles. The average molecular weight is 208 g/mol. The summed E-state index contributed by atoms with van der Waals surface area (Å²) in [6, 6.07) is 0. The molecule has 15 heavy (non-hydrogen) atoms. The zero-order valence-corrected chi connectivity index (χ0v) is 11.3. The van der Waals surface area contributed by atoms with E-state index in [9.17, 15) is 0 Å². The molecule has 1 rings (SSSR count). The Balaban J connectivity index is 2.36. The minimum atomic E-state index is 0.552. The Hall–Kier alpha value is -0.260. The Morgan fingerprint density at radius 1 is 1.20 bits per heavy atom. The van der Waals surface area contributed by atoms with Crippen LogP contribution in [0.4, 0.5) is 0 Å². The summed E-state index contributed by atoms with van der Waals surface area (Å²) in [7, 11) is 0. The van der Waals surface area contributed by atoms with Crippen molar-refractivity contribution in [3.05, 3.63) is 12.2 Å². The van der Waals surface area contributed by atoms with E-state index in [0.29, 0.717) is 5.41 Å². The molecule has 2 unspecified atom stereocenters. The average Bonchev–Trinajstić information content (AvgIpc) is 2.84. The van der Waals surface area contributed by atoms with Gasteiger partial charge in [0.15, 0.2) is 0 Å². The maximum atomic E-state index is 4.16. The molecule has 0 N–H and O–H groups in total. The van der Waals surface area contributed by atoms with Crippen molar-refractivity contribution in [3.8, 4) is 0 Å². The molecular formula is C15H28. The lowest BCUT2D eigenvalue weighted by molar-refractivity contribution is 0.294. The number of hydrogen-bond donors (Lipinski definition) is 0. The molecule has 0 radical (unpaired) electrons. The fourth-order valence-corrected chi connectivity index (χ4v) is 2.61. The first-order chi connectivity index (χ1) is 6.87. The van der Waals surface area contributed by atoms with Gasteiger partial charge < -0.3 is 0 Å². The molecule has 0 aromatic heterocycles. The van der Waals surface area contributed by atoms with E-state index in [4.69, 9.17) is 0 Å². The molecule has 0 heteroatoms. The van der Waals surface area contributed by atoms with Crippen LogP contribution in [0.5, 0.6) is 0 Å². The van der Waals surface area contributed by atoms with Gasteiger partial charge in [-0.25, -0.2) is 0 Å². The first-order valence-corrected chi connectivity index (χ1v) is 6.53. The summed E-state index contributed by atoms with van der Waals surface area (Å²) in [6.07, 6.45) is 5.54. The number of rotatable bonds is 6. The highest BCUT2D eigenvalue weighted by atomic mass is 14.5. The van der Waals surface area contributed by atoms with Gasteiger partial charge in [0.05, 0.1) is 0 Å². The van der Waals surface area contributed by atoms with E-state index in [1.807, 2.05) is 0 Å². The summed E-state index contributed by atoms with van der Waals surface area (Å²) in [6.45, 7) is 15.9. The molecular weight excluding hydrogens is 180 g/mol. The Labute approximate surface area is 96.2 Å². The van der Waals surface area contributed by atoms with Gasteiger partial charge in [0, 0.05) is 0 Å². The molecule has 1 fully saturated rings. The van der Waals surface area contributed by atoms with Crippen LogP contribution in [0.1, 0.15) is 60.3 Å². The van der Waals surface area contributed by atoms with E-state index in [2.05, 4.69) is 41.2 Å². The van der Waals surface area contributed by atoms with E-state index >= 15 is 0 Å². The third-order valence-corrected chi connectivity index (χ3v) is 4.41. The maximum Gasteiger partial charge on any atom is -0.00904 e. The standard InChI is InChI=1S/C15H28/c1-11(2)14(6)9-13(5)10-15(7-8-15)12(3)4/h11,13-14H,3,7-10H2,1-2,4-6H3. The normalized spacial score (nSPS) is 22.5. The summed E-state index contributed by atoms with van der Waals surface area (Å²) in [4.78, 5) is 0. The number of hydrogen-bond acceptors (Lipinski definition) is 0. The van der Waals surface area contributed by atoms with Crippen molar-refractivity contribution in [1.82, 2.24) is 0 Å². The van der Waals surface area contributed by atoms with Gasteiger partial charge in [0.2, 0.25) is 0 Å². The lowest BCUT2D eigenvalue weighted by atomic mass is 9.81. The van der Waals surface area contributed by atoms with Crippen LogP contribution < -0.4 is 0 Å². The summed E-state index contributed by atoms with van der Waals surface area (Å²) in [5.41, 5.74) is 1.97. The van der Waals surface area contributed by atoms with Crippen LogP contribution in [0.15, 0.2) is 12.2 Å². The Bertz CT molecular complexity index is 220. The lowest BCUT2D eigenvalue weighted by Gasteiger charge is -2.24. The van der Waals surface area contributed by atoms with Crippen LogP contribution >= 0.6 is 0 Å². The Morgan fingerprint density at radius 2 is 1.73 bits per heavy atom. The molecule has 1 saturated carbocycles. The van der Waals surface area contributed by atoms with Gasteiger partial charge in [-0.2, -0.15) is 0 Å². The molecule has 0 aromatic rings. The second-order valence-electron chi connectivity index (χ2n) is 6.33. The predicted molar refractivity (Wildman–Crippen MR) is 68.9 cm³/mol. The van der Waals surface area contributed by atoms with Gasteiger partial charge in [-0.15, -0.1) is 0 Å². The zero-order chi connectivity index (χ0) is 11.6. The monoisotopic (exact) mass is 208 g/mol. The van der Waals surface area contributed by atoms with Crippen LogP contribution in [0, 0.1) is 23.2 Å². The molecule has 0 amide bonds. The molecule has 0 aliphatic heterocycles. The van der Waals surface area contributed by atoms with Crippen LogP contribution in [0.25, 0.3) is 0 Å². The summed E-state index contributed by atoms with van der Waals surface area (Å²) in [5.74, 6) is 2.55. The molecule has 1 aliphatic carbocycles. The molecule has 88 valence electrons. The molecule has 0 spiro atoms. The van der Waals surface area contributed by atoms with Gasteiger partial charge in [-0.05, 0) is 55.8 Å². The Kier molecular flexibility index (Phi) is 4.03. The van der Waals surface area contributed by atoms with Crippen LogP contribution in [-0.4, -0.2) is 0 Å². The van der Waals surface area contributed by atoms with Crippen molar-refractivity contribution in [3.63, 3.8) is 0 Å². The van der Waals surface area contributed by atoms with Crippen molar-refractivity contribution in [2.75, 3.05) is 0 Å². The van der Waals surface area contributed by atoms with Crippen molar-refractivity contribution in [1.29, 1.82) is 0 Å². The van der Waals surface area contributed by atoms with Gasteiger partial charge in [0.25, 0.3) is 0 Å². The fourth-order valence-electron chi connectivity index (χ4n) is 2.61. The van der Waals surface area contributed by atoms with Crippen molar-refractivity contribution >= 4 is 0 Å². The molecule has 1 aliphatic rings. The zero-order valence-electron chi connectivity index (χ0n) is 11.3. The molecule has 0 aromatic carbocycles. The first kappa shape index (κ1) is 12.8. The van der Waals surface area contributed by atoms with Gasteiger partial charge in [-0.1, -0.05) is 39.8 Å². The molecule has 0 saturated heterocycles. The Morgan fingerprint density at radius 3 is 2.07 bits per heavy atom. The quantitative estimate of drug-likeness (QED) is 0.536. The highest BCUT2D eigenvalue weighted by Gasteiger charge is 2.43. The number of allylic oxidation sites excluding steroid dienone is 1. The maximum absolute atomic E-state index is 4.16. The molecule has 0 bridgehead atoms. The predicted octanol–water partition coefficient (Wildman–Crippen LogP) is 5.05. The van der Waals surface area contributed by atoms with Gasteiger partial charge in [0.1, 0.15) is 0 Å². The highest BCUT2D eigenvalue weighted by Crippen LogP contribution is 2.56. The molecule has 2 atom stereocenters. The highest BCUT2D eigenvalue weighted by molar-refractivity contribution is 5.16. The van der Waals surface area contributed by atoms with E-state index in [0.717, 1.165) is 17.8 Å².